The highest BCUT2D eigenvalue weighted by atomic mass is 16.4. The molecule has 5 heteroatoms. The van der Waals surface area contributed by atoms with Gasteiger partial charge < -0.3 is 20.8 Å². The predicted octanol–water partition coefficient (Wildman–Crippen LogP) is 3.45. The standard InChI is InChI=1S/C12H23N.C8H17NO3/c1-3-7-11(8-4-1)13-12-9-5-2-6-10-12;1-3-4-5-9-7(6(2)10)8(11)12/h11-13H,1-10H2;6-7,9-10H,3-5H2,1-2H3,(H,11,12). The van der Waals surface area contributed by atoms with E-state index in [1.54, 1.807) is 0 Å². The highest BCUT2D eigenvalue weighted by molar-refractivity contribution is 5.74. The summed E-state index contributed by atoms with van der Waals surface area (Å²) < 4.78 is 0. The summed E-state index contributed by atoms with van der Waals surface area (Å²) in [6.07, 6.45) is 15.7. The van der Waals surface area contributed by atoms with Crippen molar-refractivity contribution in [3.63, 3.8) is 0 Å². The van der Waals surface area contributed by atoms with Crippen LogP contribution in [0.15, 0.2) is 0 Å². The molecule has 2 aliphatic carbocycles. The first-order valence-corrected chi connectivity index (χ1v) is 10.4. The second kappa shape index (κ2) is 13.5. The molecule has 0 spiro atoms. The highest BCUT2D eigenvalue weighted by Gasteiger charge is 2.21. The molecule has 5 nitrogen and oxygen atoms in total. The van der Waals surface area contributed by atoms with Crippen LogP contribution in [-0.2, 0) is 4.79 Å². The van der Waals surface area contributed by atoms with Crippen LogP contribution in [0.3, 0.4) is 0 Å². The molecule has 0 heterocycles. The third-order valence-corrected chi connectivity index (χ3v) is 5.32. The van der Waals surface area contributed by atoms with Gasteiger partial charge in [0.05, 0.1) is 6.10 Å². The molecule has 0 radical (unpaired) electrons. The molecule has 0 aromatic rings. The van der Waals surface area contributed by atoms with Gasteiger partial charge in [-0.2, -0.15) is 0 Å². The number of carboxylic acids is 1. The molecule has 2 unspecified atom stereocenters. The number of aliphatic carboxylic acids is 1. The summed E-state index contributed by atoms with van der Waals surface area (Å²) in [6, 6.07) is 0.908. The second-order valence-corrected chi connectivity index (χ2v) is 7.70. The number of aliphatic hydroxyl groups excluding tert-OH is 1. The lowest BCUT2D eigenvalue weighted by Gasteiger charge is -2.30. The van der Waals surface area contributed by atoms with Crippen molar-refractivity contribution in [1.29, 1.82) is 0 Å². The summed E-state index contributed by atoms with van der Waals surface area (Å²) in [6.45, 7) is 4.13. The summed E-state index contributed by atoms with van der Waals surface area (Å²) in [7, 11) is 0. The molecular formula is C20H40N2O3. The zero-order valence-corrected chi connectivity index (χ0v) is 16.3. The molecule has 0 aliphatic heterocycles. The molecule has 148 valence electrons. The molecule has 2 rings (SSSR count). The minimum atomic E-state index is -0.999. The molecule has 0 bridgehead atoms. The monoisotopic (exact) mass is 356 g/mol. The van der Waals surface area contributed by atoms with E-state index in [1.165, 1.54) is 71.1 Å². The average molecular weight is 357 g/mol. The van der Waals surface area contributed by atoms with Gasteiger partial charge in [0, 0.05) is 12.1 Å². The second-order valence-electron chi connectivity index (χ2n) is 7.70. The number of rotatable bonds is 8. The number of hydrogen-bond acceptors (Lipinski definition) is 4. The van der Waals surface area contributed by atoms with Gasteiger partial charge in [0.25, 0.3) is 0 Å². The predicted molar refractivity (Wildman–Crippen MR) is 103 cm³/mol. The maximum absolute atomic E-state index is 10.5. The van der Waals surface area contributed by atoms with Crippen LogP contribution in [0.1, 0.15) is 90.9 Å². The zero-order valence-electron chi connectivity index (χ0n) is 16.3. The molecule has 4 N–H and O–H groups in total. The van der Waals surface area contributed by atoms with E-state index < -0.39 is 18.1 Å². The number of hydrogen-bond donors (Lipinski definition) is 4. The number of carboxylic acid groups (broad SMARTS) is 1. The Balaban J connectivity index is 0.000000252. The Labute approximate surface area is 154 Å². The minimum Gasteiger partial charge on any atom is -0.480 e. The third-order valence-electron chi connectivity index (χ3n) is 5.32. The SMILES string of the molecule is C1CCC(NC2CCCCC2)CC1.CCCCNC(C(=O)O)C(C)O. The van der Waals surface area contributed by atoms with Gasteiger partial charge in [0.2, 0.25) is 0 Å². The summed E-state index contributed by atoms with van der Waals surface area (Å²) in [5.74, 6) is -0.999. The van der Waals surface area contributed by atoms with E-state index in [4.69, 9.17) is 10.2 Å². The lowest BCUT2D eigenvalue weighted by molar-refractivity contribution is -0.142. The van der Waals surface area contributed by atoms with Crippen molar-refractivity contribution >= 4 is 5.97 Å². The molecule has 2 aliphatic rings. The van der Waals surface area contributed by atoms with Crippen LogP contribution in [0, 0.1) is 0 Å². The number of nitrogens with one attached hydrogen (secondary N) is 2. The Morgan fingerprint density at radius 2 is 1.48 bits per heavy atom. The van der Waals surface area contributed by atoms with E-state index in [0.29, 0.717) is 6.54 Å². The molecule has 2 atom stereocenters. The van der Waals surface area contributed by atoms with Crippen molar-refractivity contribution in [2.75, 3.05) is 6.54 Å². The fraction of sp³-hybridized carbons (Fsp3) is 0.950. The van der Waals surface area contributed by atoms with Gasteiger partial charge >= 0.3 is 5.97 Å². The Hall–Kier alpha value is -0.650. The summed E-state index contributed by atoms with van der Waals surface area (Å²) in [5.41, 5.74) is 0. The molecule has 0 aromatic heterocycles. The van der Waals surface area contributed by atoms with Gasteiger partial charge in [0.1, 0.15) is 6.04 Å². The van der Waals surface area contributed by atoms with Crippen LogP contribution in [0.4, 0.5) is 0 Å². The van der Waals surface area contributed by atoms with Crippen molar-refractivity contribution in [3.8, 4) is 0 Å². The minimum absolute atomic E-state index is 0.637. The van der Waals surface area contributed by atoms with Gasteiger partial charge in [-0.15, -0.1) is 0 Å². The van der Waals surface area contributed by atoms with Gasteiger partial charge in [0.15, 0.2) is 0 Å². The lowest BCUT2D eigenvalue weighted by Crippen LogP contribution is -2.45. The third kappa shape index (κ3) is 10.2. The van der Waals surface area contributed by atoms with E-state index in [-0.39, 0.29) is 0 Å². The first kappa shape index (κ1) is 22.4. The topological polar surface area (TPSA) is 81.6 Å². The molecule has 25 heavy (non-hydrogen) atoms. The Bertz CT molecular complexity index is 322. The van der Waals surface area contributed by atoms with Crippen LogP contribution < -0.4 is 10.6 Å². The van der Waals surface area contributed by atoms with E-state index in [0.717, 1.165) is 24.9 Å². The van der Waals surface area contributed by atoms with Crippen molar-refractivity contribution in [2.24, 2.45) is 0 Å². The number of aliphatic hydroxyl groups is 1. The first-order valence-electron chi connectivity index (χ1n) is 10.4. The maximum atomic E-state index is 10.5. The molecular weight excluding hydrogens is 316 g/mol. The molecule has 0 aromatic carbocycles. The van der Waals surface area contributed by atoms with E-state index in [2.05, 4.69) is 10.6 Å². The fourth-order valence-electron chi connectivity index (χ4n) is 3.77. The van der Waals surface area contributed by atoms with E-state index in [9.17, 15) is 4.79 Å². The van der Waals surface area contributed by atoms with Gasteiger partial charge in [-0.05, 0) is 45.6 Å². The molecule has 0 amide bonds. The molecule has 2 saturated carbocycles. The van der Waals surface area contributed by atoms with Gasteiger partial charge in [-0.25, -0.2) is 0 Å². The zero-order chi connectivity index (χ0) is 18.5. The summed E-state index contributed by atoms with van der Waals surface area (Å²) in [5, 5.41) is 24.3. The number of unbranched alkanes of at least 4 members (excludes halogenated alkanes) is 1. The molecule has 0 saturated heterocycles. The largest absolute Gasteiger partial charge is 0.480 e. The smallest absolute Gasteiger partial charge is 0.323 e. The van der Waals surface area contributed by atoms with E-state index in [1.807, 2.05) is 6.92 Å². The molecule has 2 fully saturated rings. The number of carbonyl (C=O) groups is 1. The van der Waals surface area contributed by atoms with Crippen LogP contribution in [0.2, 0.25) is 0 Å². The van der Waals surface area contributed by atoms with Crippen molar-refractivity contribution in [1.82, 2.24) is 10.6 Å². The van der Waals surface area contributed by atoms with Crippen LogP contribution in [0.5, 0.6) is 0 Å². The van der Waals surface area contributed by atoms with Crippen molar-refractivity contribution in [3.05, 3.63) is 0 Å². The van der Waals surface area contributed by atoms with Crippen molar-refractivity contribution in [2.45, 2.75) is 115 Å². The Kier molecular flexibility index (Phi) is 12.1. The quantitative estimate of drug-likeness (QED) is 0.501. The first-order chi connectivity index (χ1) is 12.0. The van der Waals surface area contributed by atoms with Crippen LogP contribution >= 0.6 is 0 Å². The fourth-order valence-corrected chi connectivity index (χ4v) is 3.77. The Morgan fingerprint density at radius 1 is 1.00 bits per heavy atom. The van der Waals surface area contributed by atoms with Crippen molar-refractivity contribution < 1.29 is 15.0 Å². The summed E-state index contributed by atoms with van der Waals surface area (Å²) in [4.78, 5) is 10.5. The van der Waals surface area contributed by atoms with Crippen LogP contribution in [-0.4, -0.2) is 47.0 Å². The summed E-state index contributed by atoms with van der Waals surface area (Å²) >= 11 is 0. The van der Waals surface area contributed by atoms with Crippen LogP contribution in [0.25, 0.3) is 0 Å². The average Bonchev–Trinajstić information content (AvgIpc) is 2.60. The Morgan fingerprint density at radius 3 is 1.84 bits per heavy atom. The highest BCUT2D eigenvalue weighted by Crippen LogP contribution is 2.22. The maximum Gasteiger partial charge on any atom is 0.323 e. The normalized spacial score (nSPS) is 21.9. The van der Waals surface area contributed by atoms with Gasteiger partial charge in [-0.1, -0.05) is 51.9 Å². The van der Waals surface area contributed by atoms with E-state index >= 15 is 0 Å². The lowest BCUT2D eigenvalue weighted by atomic mass is 9.91. The van der Waals surface area contributed by atoms with Gasteiger partial charge in [-0.3, -0.25) is 4.79 Å².